The van der Waals surface area contributed by atoms with Gasteiger partial charge in [-0.3, -0.25) is 0 Å². The van der Waals surface area contributed by atoms with Crippen LogP contribution in [-0.2, 0) is 0 Å². The molecule has 0 radical (unpaired) electrons. The lowest BCUT2D eigenvalue weighted by atomic mass is 10.0. The van der Waals surface area contributed by atoms with E-state index in [2.05, 4.69) is 37.4 Å². The number of aryl methyl sites for hydroxylation is 2. The maximum absolute atomic E-state index is 9.29. The van der Waals surface area contributed by atoms with Gasteiger partial charge < -0.3 is 10.4 Å². The molecule has 1 atom stereocenters. The summed E-state index contributed by atoms with van der Waals surface area (Å²) in [6.07, 6.45) is 0.956. The van der Waals surface area contributed by atoms with E-state index < -0.39 is 0 Å². The summed E-state index contributed by atoms with van der Waals surface area (Å²) in [4.78, 5) is 1.31. The molecule has 1 aromatic rings. The average Bonchev–Trinajstić information content (AvgIpc) is 2.33. The fraction of sp³-hybridized carbons (Fsp3) is 0.571. The highest BCUT2D eigenvalue weighted by molar-refractivity contribution is 7.99. The summed E-state index contributed by atoms with van der Waals surface area (Å²) >= 11 is 1.85. The first kappa shape index (κ1) is 14.6. The van der Waals surface area contributed by atoms with Crippen molar-refractivity contribution in [1.29, 1.82) is 0 Å². The molecule has 0 amide bonds. The second-order valence-corrected chi connectivity index (χ2v) is 5.98. The van der Waals surface area contributed by atoms with Gasteiger partial charge in [0.15, 0.2) is 0 Å². The molecule has 0 aliphatic rings. The molecule has 1 rings (SSSR count). The zero-order chi connectivity index (χ0) is 12.9. The standard InChI is InChI=1S/C14H23NOS/c1-11-5-6-13(9-12(11)2)17-8-7-14(3,10-16)15-4/h5-6,9,15-16H,7-8,10H2,1-4H3. The van der Waals surface area contributed by atoms with Crippen LogP contribution in [0.1, 0.15) is 24.5 Å². The molecule has 1 unspecified atom stereocenters. The van der Waals surface area contributed by atoms with Gasteiger partial charge in [0.1, 0.15) is 0 Å². The molecule has 0 bridgehead atoms. The Balaban J connectivity index is 2.48. The second-order valence-electron chi connectivity index (χ2n) is 4.81. The number of hydrogen-bond donors (Lipinski definition) is 2. The number of likely N-dealkylation sites (N-methyl/N-ethyl adjacent to an activating group) is 1. The average molecular weight is 253 g/mol. The Labute approximate surface area is 109 Å². The number of nitrogens with one attached hydrogen (secondary N) is 1. The van der Waals surface area contributed by atoms with Gasteiger partial charge in [-0.1, -0.05) is 6.07 Å². The number of hydrogen-bond acceptors (Lipinski definition) is 3. The minimum Gasteiger partial charge on any atom is -0.394 e. The quantitative estimate of drug-likeness (QED) is 0.765. The van der Waals surface area contributed by atoms with Crippen molar-refractivity contribution in [2.75, 3.05) is 19.4 Å². The fourth-order valence-electron chi connectivity index (χ4n) is 1.48. The Morgan fingerprint density at radius 3 is 2.53 bits per heavy atom. The van der Waals surface area contributed by atoms with Crippen LogP contribution >= 0.6 is 11.8 Å². The van der Waals surface area contributed by atoms with E-state index >= 15 is 0 Å². The zero-order valence-electron chi connectivity index (χ0n) is 11.2. The van der Waals surface area contributed by atoms with Crippen LogP contribution in [0.4, 0.5) is 0 Å². The summed E-state index contributed by atoms with van der Waals surface area (Å²) in [6.45, 7) is 6.50. The normalized spacial score (nSPS) is 14.6. The summed E-state index contributed by atoms with van der Waals surface area (Å²) in [5, 5.41) is 12.5. The highest BCUT2D eigenvalue weighted by Crippen LogP contribution is 2.23. The SMILES string of the molecule is CNC(C)(CO)CCSc1ccc(C)c(C)c1. The highest BCUT2D eigenvalue weighted by Gasteiger charge is 2.19. The smallest absolute Gasteiger partial charge is 0.0610 e. The largest absolute Gasteiger partial charge is 0.394 e. The molecule has 0 fully saturated rings. The van der Waals surface area contributed by atoms with Gasteiger partial charge >= 0.3 is 0 Å². The maximum Gasteiger partial charge on any atom is 0.0610 e. The van der Waals surface area contributed by atoms with E-state index in [0.29, 0.717) is 0 Å². The topological polar surface area (TPSA) is 32.3 Å². The lowest BCUT2D eigenvalue weighted by Crippen LogP contribution is -2.43. The molecule has 0 spiro atoms. The van der Waals surface area contributed by atoms with Gasteiger partial charge in [-0.05, 0) is 63.3 Å². The minimum absolute atomic E-state index is 0.160. The molecule has 1 aromatic carbocycles. The monoisotopic (exact) mass is 253 g/mol. The molecule has 0 aliphatic heterocycles. The molecule has 2 N–H and O–H groups in total. The van der Waals surface area contributed by atoms with Crippen molar-refractivity contribution >= 4 is 11.8 Å². The van der Waals surface area contributed by atoms with Crippen LogP contribution in [0.5, 0.6) is 0 Å². The molecule has 0 saturated heterocycles. The summed E-state index contributed by atoms with van der Waals surface area (Å²) in [7, 11) is 1.90. The number of rotatable bonds is 6. The fourth-order valence-corrected chi connectivity index (χ4v) is 2.69. The van der Waals surface area contributed by atoms with Gasteiger partial charge in [0.25, 0.3) is 0 Å². The van der Waals surface area contributed by atoms with Gasteiger partial charge in [0.05, 0.1) is 6.61 Å². The molecular weight excluding hydrogens is 230 g/mol. The van der Waals surface area contributed by atoms with Crippen LogP contribution in [0.2, 0.25) is 0 Å². The van der Waals surface area contributed by atoms with Crippen molar-refractivity contribution < 1.29 is 5.11 Å². The number of thioether (sulfide) groups is 1. The molecule has 2 nitrogen and oxygen atoms in total. The Bertz CT molecular complexity index is 361. The van der Waals surface area contributed by atoms with E-state index in [1.165, 1.54) is 16.0 Å². The van der Waals surface area contributed by atoms with E-state index in [4.69, 9.17) is 0 Å². The summed E-state index contributed by atoms with van der Waals surface area (Å²) in [5.74, 6) is 1.01. The molecular formula is C14H23NOS. The Hall–Kier alpha value is -0.510. The Morgan fingerprint density at radius 2 is 2.00 bits per heavy atom. The number of benzene rings is 1. The van der Waals surface area contributed by atoms with Crippen molar-refractivity contribution in [1.82, 2.24) is 5.32 Å². The van der Waals surface area contributed by atoms with Gasteiger partial charge in [0, 0.05) is 10.4 Å². The third-order valence-corrected chi connectivity index (χ3v) is 4.35. The molecule has 17 heavy (non-hydrogen) atoms. The van der Waals surface area contributed by atoms with Gasteiger partial charge in [-0.2, -0.15) is 0 Å². The Morgan fingerprint density at radius 1 is 1.29 bits per heavy atom. The molecule has 0 aromatic heterocycles. The predicted octanol–water partition coefficient (Wildman–Crippen LogP) is 2.76. The van der Waals surface area contributed by atoms with Crippen LogP contribution in [0.3, 0.4) is 0 Å². The van der Waals surface area contributed by atoms with Crippen LogP contribution in [-0.4, -0.2) is 30.1 Å². The zero-order valence-corrected chi connectivity index (χ0v) is 12.0. The minimum atomic E-state index is -0.160. The first-order chi connectivity index (χ1) is 8.00. The van der Waals surface area contributed by atoms with E-state index in [1.807, 2.05) is 25.7 Å². The van der Waals surface area contributed by atoms with Crippen molar-refractivity contribution in [2.45, 2.75) is 37.6 Å². The lowest BCUT2D eigenvalue weighted by Gasteiger charge is -2.26. The predicted molar refractivity (Wildman–Crippen MR) is 75.8 cm³/mol. The number of aliphatic hydroxyl groups excluding tert-OH is 1. The second kappa shape index (κ2) is 6.43. The molecule has 0 saturated carbocycles. The van der Waals surface area contributed by atoms with Crippen molar-refractivity contribution in [3.63, 3.8) is 0 Å². The third-order valence-electron chi connectivity index (χ3n) is 3.35. The van der Waals surface area contributed by atoms with Crippen molar-refractivity contribution in [3.05, 3.63) is 29.3 Å². The number of aliphatic hydroxyl groups is 1. The summed E-state index contributed by atoms with van der Waals surface area (Å²) in [6, 6.07) is 6.57. The van der Waals surface area contributed by atoms with Crippen LogP contribution in [0.15, 0.2) is 23.1 Å². The van der Waals surface area contributed by atoms with Gasteiger partial charge in [-0.25, -0.2) is 0 Å². The molecule has 96 valence electrons. The first-order valence-electron chi connectivity index (χ1n) is 6.00. The maximum atomic E-state index is 9.29. The summed E-state index contributed by atoms with van der Waals surface area (Å²) in [5.41, 5.74) is 2.52. The van der Waals surface area contributed by atoms with E-state index in [-0.39, 0.29) is 12.1 Å². The van der Waals surface area contributed by atoms with E-state index in [1.54, 1.807) is 0 Å². The lowest BCUT2D eigenvalue weighted by molar-refractivity contribution is 0.179. The van der Waals surface area contributed by atoms with E-state index in [0.717, 1.165) is 12.2 Å². The van der Waals surface area contributed by atoms with Crippen molar-refractivity contribution in [3.8, 4) is 0 Å². The molecule has 0 heterocycles. The third kappa shape index (κ3) is 4.34. The van der Waals surface area contributed by atoms with Crippen LogP contribution < -0.4 is 5.32 Å². The van der Waals surface area contributed by atoms with Gasteiger partial charge in [-0.15, -0.1) is 11.8 Å². The van der Waals surface area contributed by atoms with Crippen LogP contribution in [0.25, 0.3) is 0 Å². The Kier molecular flexibility index (Phi) is 5.50. The highest BCUT2D eigenvalue weighted by atomic mass is 32.2. The van der Waals surface area contributed by atoms with Crippen molar-refractivity contribution in [2.24, 2.45) is 0 Å². The van der Waals surface area contributed by atoms with Crippen LogP contribution in [0, 0.1) is 13.8 Å². The molecule has 3 heteroatoms. The summed E-state index contributed by atoms with van der Waals surface area (Å²) < 4.78 is 0. The first-order valence-corrected chi connectivity index (χ1v) is 6.99. The van der Waals surface area contributed by atoms with E-state index in [9.17, 15) is 5.11 Å². The molecule has 0 aliphatic carbocycles. The van der Waals surface area contributed by atoms with Gasteiger partial charge in [0.2, 0.25) is 0 Å².